The molecule has 0 aliphatic heterocycles. The Morgan fingerprint density at radius 3 is 2.29 bits per heavy atom. The molecule has 0 bridgehead atoms. The number of nitrogen functional groups attached to an aromatic ring is 1. The van der Waals surface area contributed by atoms with E-state index >= 15 is 0 Å². The van der Waals surface area contributed by atoms with Crippen LogP contribution in [0.3, 0.4) is 0 Å². The van der Waals surface area contributed by atoms with Crippen LogP contribution in [-0.4, -0.2) is 17.2 Å². The lowest BCUT2D eigenvalue weighted by atomic mass is 9.79. The van der Waals surface area contributed by atoms with Crippen molar-refractivity contribution >= 4 is 30.0 Å². The summed E-state index contributed by atoms with van der Waals surface area (Å²) in [4.78, 5) is 1.88. The highest BCUT2D eigenvalue weighted by Crippen LogP contribution is 2.30. The molecule has 0 saturated carbocycles. The molecule has 0 saturated heterocycles. The van der Waals surface area contributed by atoms with Gasteiger partial charge in [-0.3, -0.25) is 0 Å². The molecule has 0 unspecified atom stereocenters. The second-order valence-electron chi connectivity index (χ2n) is 3.55. The topological polar surface area (TPSA) is 66.5 Å². The van der Waals surface area contributed by atoms with E-state index in [-0.39, 0.29) is 0 Å². The highest BCUT2D eigenvalue weighted by atomic mass is 32.2. The first kappa shape index (κ1) is 12.0. The summed E-state index contributed by atoms with van der Waals surface area (Å²) in [5.74, 6) is 0. The van der Waals surface area contributed by atoms with Crippen LogP contribution < -0.4 is 11.2 Å². The maximum Gasteiger partial charge on any atom is 0.490 e. The molecule has 86 valence electrons. The summed E-state index contributed by atoms with van der Waals surface area (Å²) >= 11 is 1.50. The molecule has 0 aliphatic carbocycles. The summed E-state index contributed by atoms with van der Waals surface area (Å²) in [6.45, 7) is 0. The van der Waals surface area contributed by atoms with Gasteiger partial charge in [-0.2, -0.15) is 0 Å². The zero-order valence-electron chi connectivity index (χ0n) is 9.08. The number of anilines is 1. The summed E-state index contributed by atoms with van der Waals surface area (Å²) in [5.41, 5.74) is 6.64. The Kier molecular flexibility index (Phi) is 3.73. The van der Waals surface area contributed by atoms with E-state index in [0.29, 0.717) is 11.2 Å². The van der Waals surface area contributed by atoms with E-state index in [1.54, 1.807) is 12.1 Å². The lowest BCUT2D eigenvalue weighted by molar-refractivity contribution is 0.426. The van der Waals surface area contributed by atoms with Crippen LogP contribution in [0.2, 0.25) is 0 Å². The molecule has 2 rings (SSSR count). The molecule has 5 heteroatoms. The molecule has 17 heavy (non-hydrogen) atoms. The first-order valence-corrected chi connectivity index (χ1v) is 5.97. The molecular formula is C12H12BNO2S. The van der Waals surface area contributed by atoms with Gasteiger partial charge in [0.15, 0.2) is 0 Å². The fourth-order valence-corrected chi connectivity index (χ4v) is 2.41. The number of hydrogen-bond acceptors (Lipinski definition) is 4. The predicted octanol–water partition coefficient (Wildman–Crippen LogP) is 1.10. The van der Waals surface area contributed by atoms with Crippen molar-refractivity contribution in [2.24, 2.45) is 0 Å². The van der Waals surface area contributed by atoms with E-state index in [1.807, 2.05) is 36.4 Å². The van der Waals surface area contributed by atoms with Crippen molar-refractivity contribution in [1.82, 2.24) is 0 Å². The van der Waals surface area contributed by atoms with E-state index in [2.05, 4.69) is 0 Å². The summed E-state index contributed by atoms with van der Waals surface area (Å²) in [7, 11) is -1.54. The van der Waals surface area contributed by atoms with Gasteiger partial charge < -0.3 is 15.8 Å². The Morgan fingerprint density at radius 2 is 1.65 bits per heavy atom. The third-order valence-electron chi connectivity index (χ3n) is 2.35. The van der Waals surface area contributed by atoms with E-state index in [1.165, 1.54) is 11.8 Å². The van der Waals surface area contributed by atoms with Crippen molar-refractivity contribution in [3.05, 3.63) is 48.5 Å². The Balaban J connectivity index is 2.31. The minimum atomic E-state index is -1.54. The van der Waals surface area contributed by atoms with Crippen LogP contribution in [0.1, 0.15) is 0 Å². The van der Waals surface area contributed by atoms with Gasteiger partial charge in [-0.05, 0) is 18.2 Å². The average Bonchev–Trinajstić information content (AvgIpc) is 2.33. The van der Waals surface area contributed by atoms with Gasteiger partial charge in [0.2, 0.25) is 0 Å². The summed E-state index contributed by atoms with van der Waals surface area (Å²) in [5, 5.41) is 18.3. The molecule has 0 heterocycles. The van der Waals surface area contributed by atoms with Crippen molar-refractivity contribution in [3.63, 3.8) is 0 Å². The smallest absolute Gasteiger partial charge is 0.423 e. The van der Waals surface area contributed by atoms with Crippen LogP contribution in [0.4, 0.5) is 5.69 Å². The van der Waals surface area contributed by atoms with Gasteiger partial charge in [0.1, 0.15) is 0 Å². The monoisotopic (exact) mass is 245 g/mol. The molecule has 0 radical (unpaired) electrons. The van der Waals surface area contributed by atoms with Crippen LogP contribution in [0.25, 0.3) is 0 Å². The molecule has 0 spiro atoms. The lowest BCUT2D eigenvalue weighted by Gasteiger charge is -2.09. The lowest BCUT2D eigenvalue weighted by Crippen LogP contribution is -2.32. The van der Waals surface area contributed by atoms with Crippen molar-refractivity contribution in [1.29, 1.82) is 0 Å². The van der Waals surface area contributed by atoms with E-state index in [9.17, 15) is 0 Å². The third-order valence-corrected chi connectivity index (χ3v) is 3.43. The first-order valence-electron chi connectivity index (χ1n) is 5.16. The molecule has 0 aromatic heterocycles. The minimum Gasteiger partial charge on any atom is -0.423 e. The van der Waals surface area contributed by atoms with Crippen molar-refractivity contribution in [2.75, 3.05) is 5.73 Å². The fourth-order valence-electron chi connectivity index (χ4n) is 1.49. The third kappa shape index (κ3) is 2.82. The minimum absolute atomic E-state index is 0.339. The first-order chi connectivity index (χ1) is 8.18. The van der Waals surface area contributed by atoms with E-state index < -0.39 is 7.12 Å². The number of para-hydroxylation sites is 1. The number of hydrogen-bond donors (Lipinski definition) is 3. The molecule has 2 aromatic rings. The second-order valence-corrected chi connectivity index (χ2v) is 4.66. The largest absolute Gasteiger partial charge is 0.490 e. The summed E-state index contributed by atoms with van der Waals surface area (Å²) < 4.78 is 0. The SMILES string of the molecule is Nc1c(Sc2ccccc2)cccc1B(O)O. The normalized spacial score (nSPS) is 10.2. The second kappa shape index (κ2) is 5.27. The summed E-state index contributed by atoms with van der Waals surface area (Å²) in [6.07, 6.45) is 0. The van der Waals surface area contributed by atoms with Gasteiger partial charge in [0, 0.05) is 20.9 Å². The maximum atomic E-state index is 9.16. The Labute approximate surface area is 104 Å². The van der Waals surface area contributed by atoms with Crippen molar-refractivity contribution in [3.8, 4) is 0 Å². The molecule has 4 N–H and O–H groups in total. The molecule has 3 nitrogen and oxygen atoms in total. The van der Waals surface area contributed by atoms with Gasteiger partial charge in [-0.15, -0.1) is 0 Å². The van der Waals surface area contributed by atoms with E-state index in [0.717, 1.165) is 9.79 Å². The van der Waals surface area contributed by atoms with Gasteiger partial charge in [-0.1, -0.05) is 42.1 Å². The molecule has 0 amide bonds. The Bertz CT molecular complexity index is 505. The van der Waals surface area contributed by atoms with Gasteiger partial charge in [-0.25, -0.2) is 0 Å². The number of benzene rings is 2. The number of nitrogens with two attached hydrogens (primary N) is 1. The molecule has 0 aliphatic rings. The van der Waals surface area contributed by atoms with Crippen LogP contribution in [0, 0.1) is 0 Å². The van der Waals surface area contributed by atoms with Crippen molar-refractivity contribution in [2.45, 2.75) is 9.79 Å². The number of rotatable bonds is 3. The quantitative estimate of drug-likeness (QED) is 0.559. The Morgan fingerprint density at radius 1 is 0.941 bits per heavy atom. The standard InChI is InChI=1S/C12H12BNO2S/c14-12-10(13(15)16)7-4-8-11(12)17-9-5-2-1-3-6-9/h1-8,15-16H,14H2. The zero-order valence-corrected chi connectivity index (χ0v) is 9.89. The van der Waals surface area contributed by atoms with Crippen molar-refractivity contribution < 1.29 is 10.0 Å². The van der Waals surface area contributed by atoms with Gasteiger partial charge >= 0.3 is 7.12 Å². The average molecular weight is 245 g/mol. The summed E-state index contributed by atoms with van der Waals surface area (Å²) in [6, 6.07) is 15.0. The van der Waals surface area contributed by atoms with E-state index in [4.69, 9.17) is 15.8 Å². The van der Waals surface area contributed by atoms with Crippen LogP contribution in [-0.2, 0) is 0 Å². The highest BCUT2D eigenvalue weighted by molar-refractivity contribution is 7.99. The molecule has 0 atom stereocenters. The Hall–Kier alpha value is -1.43. The van der Waals surface area contributed by atoms with Gasteiger partial charge in [0.25, 0.3) is 0 Å². The van der Waals surface area contributed by atoms with Gasteiger partial charge in [0.05, 0.1) is 0 Å². The molecule has 2 aromatic carbocycles. The maximum absolute atomic E-state index is 9.16. The molecule has 0 fully saturated rings. The zero-order chi connectivity index (χ0) is 12.3. The highest BCUT2D eigenvalue weighted by Gasteiger charge is 2.16. The van der Waals surface area contributed by atoms with Crippen LogP contribution >= 0.6 is 11.8 Å². The van der Waals surface area contributed by atoms with Crippen LogP contribution in [0.15, 0.2) is 58.3 Å². The molecular weight excluding hydrogens is 233 g/mol. The van der Waals surface area contributed by atoms with Crippen LogP contribution in [0.5, 0.6) is 0 Å². The fraction of sp³-hybridized carbons (Fsp3) is 0. The predicted molar refractivity (Wildman–Crippen MR) is 71.2 cm³/mol.